The van der Waals surface area contributed by atoms with Crippen LogP contribution in [0.25, 0.3) is 0 Å². The molecule has 0 N–H and O–H groups in total. The van der Waals surface area contributed by atoms with Crippen molar-refractivity contribution in [3.05, 3.63) is 30.1 Å². The first kappa shape index (κ1) is 15.3. The average Bonchev–Trinajstić information content (AvgIpc) is 2.08. The Morgan fingerprint density at radius 3 is 1.62 bits per heavy atom. The maximum absolute atomic E-state index is 12.1. The second-order valence-electron chi connectivity index (χ2n) is 2.53. The molecule has 0 aliphatic rings. The van der Waals surface area contributed by atoms with Gasteiger partial charge in [-0.15, -0.1) is 0 Å². The Morgan fingerprint density at radius 2 is 1.44 bits per heavy atom. The molecular formula is C7H7F4O3PS. The van der Waals surface area contributed by atoms with E-state index in [1.54, 1.807) is 21.4 Å². The summed E-state index contributed by atoms with van der Waals surface area (Å²) >= 11 is 0. The summed E-state index contributed by atoms with van der Waals surface area (Å²) in [5.41, 5.74) is -5.65. The Labute approximate surface area is 91.4 Å². The third-order valence-corrected chi connectivity index (χ3v) is 2.24. The molecule has 1 atom stereocenters. The molecule has 0 aliphatic heterocycles. The second kappa shape index (κ2) is 5.56. The van der Waals surface area contributed by atoms with Crippen LogP contribution in [0.1, 0.15) is 0 Å². The van der Waals surface area contributed by atoms with Gasteiger partial charge in [-0.2, -0.15) is 13.2 Å². The first-order valence-electron chi connectivity index (χ1n) is 3.63. The van der Waals surface area contributed by atoms with Crippen molar-refractivity contribution in [2.24, 2.45) is 0 Å². The summed E-state index contributed by atoms with van der Waals surface area (Å²) < 4.78 is 71.0. The molecule has 0 heterocycles. The smallest absolute Gasteiger partial charge is 0.485 e. The van der Waals surface area contributed by atoms with Crippen molar-refractivity contribution in [1.82, 2.24) is 0 Å². The Balaban J connectivity index is 0.000000281. The zero-order chi connectivity index (χ0) is 13.0. The van der Waals surface area contributed by atoms with Crippen LogP contribution in [-0.2, 0) is 10.1 Å². The van der Waals surface area contributed by atoms with Crippen molar-refractivity contribution in [3.63, 3.8) is 0 Å². The van der Waals surface area contributed by atoms with Gasteiger partial charge < -0.3 is 4.55 Å². The van der Waals surface area contributed by atoms with Crippen LogP contribution in [0, 0.1) is 5.82 Å². The molecule has 1 rings (SSSR count). The fraction of sp³-hybridized carbons (Fsp3) is 0.143. The normalized spacial score (nSPS) is 11.8. The van der Waals surface area contributed by atoms with Gasteiger partial charge in [-0.25, -0.2) is 12.8 Å². The molecule has 0 saturated carbocycles. The van der Waals surface area contributed by atoms with Crippen LogP contribution >= 0.6 is 9.24 Å². The van der Waals surface area contributed by atoms with Crippen LogP contribution in [0.4, 0.5) is 17.6 Å². The predicted molar refractivity (Wildman–Crippen MR) is 52.9 cm³/mol. The molecule has 3 nitrogen and oxygen atoms in total. The molecule has 16 heavy (non-hydrogen) atoms. The molecule has 0 radical (unpaired) electrons. The zero-order valence-corrected chi connectivity index (χ0v) is 9.89. The van der Waals surface area contributed by atoms with Gasteiger partial charge in [-0.05, 0) is 24.3 Å². The molecule has 0 aromatic heterocycles. The first-order chi connectivity index (χ1) is 7.04. The van der Waals surface area contributed by atoms with Gasteiger partial charge in [0.05, 0.1) is 5.30 Å². The number of benzene rings is 1. The number of alkyl halides is 3. The number of rotatable bonds is 0. The van der Waals surface area contributed by atoms with E-state index in [1.165, 1.54) is 12.1 Å². The minimum absolute atomic E-state index is 0.166. The Hall–Kier alpha value is -0.720. The van der Waals surface area contributed by atoms with E-state index in [0.717, 1.165) is 5.30 Å². The first-order valence-corrected chi connectivity index (χ1v) is 5.75. The lowest BCUT2D eigenvalue weighted by Gasteiger charge is -2.08. The van der Waals surface area contributed by atoms with Crippen LogP contribution in [0.5, 0.6) is 0 Å². The van der Waals surface area contributed by atoms with Crippen molar-refractivity contribution in [3.8, 4) is 0 Å². The Morgan fingerprint density at radius 1 is 1.12 bits per heavy atom. The van der Waals surface area contributed by atoms with E-state index in [2.05, 4.69) is 0 Å². The highest BCUT2D eigenvalue weighted by molar-refractivity contribution is 7.86. The lowest BCUT2D eigenvalue weighted by atomic mass is 10.4. The molecular weight excluding hydrogens is 271 g/mol. The highest BCUT2D eigenvalue weighted by atomic mass is 32.2. The van der Waals surface area contributed by atoms with E-state index in [1.807, 2.05) is 0 Å². The van der Waals surface area contributed by atoms with E-state index in [0.29, 0.717) is 0 Å². The van der Waals surface area contributed by atoms with Gasteiger partial charge >= 0.3 is 5.51 Å². The minimum Gasteiger partial charge on any atom is -0.741 e. The SMILES string of the molecule is Fc1ccc([PH3+])cc1.O=S(=O)([O-])C(F)(F)F. The molecule has 1 aromatic rings. The summed E-state index contributed by atoms with van der Waals surface area (Å²) in [5.74, 6) is -0.166. The number of hydrogen-bond acceptors (Lipinski definition) is 3. The van der Waals surface area contributed by atoms with Crippen LogP contribution in [0.15, 0.2) is 24.3 Å². The predicted octanol–water partition coefficient (Wildman–Crippen LogP) is 1.11. The summed E-state index contributed by atoms with van der Waals surface area (Å²) in [5, 5.41) is 1.12. The summed E-state index contributed by atoms with van der Waals surface area (Å²) in [7, 11) is -4.35. The van der Waals surface area contributed by atoms with Crippen molar-refractivity contribution < 1.29 is 30.5 Å². The van der Waals surface area contributed by atoms with E-state index in [9.17, 15) is 17.6 Å². The number of hydrogen-bond donors (Lipinski definition) is 0. The van der Waals surface area contributed by atoms with E-state index in [-0.39, 0.29) is 5.82 Å². The molecule has 0 amide bonds. The molecule has 1 unspecified atom stereocenters. The van der Waals surface area contributed by atoms with Crippen molar-refractivity contribution in [1.29, 1.82) is 0 Å². The summed E-state index contributed by atoms with van der Waals surface area (Å²) in [6, 6.07) is 6.44. The van der Waals surface area contributed by atoms with Gasteiger partial charge in [-0.1, -0.05) is 0 Å². The largest absolute Gasteiger partial charge is 0.741 e. The molecule has 0 bridgehead atoms. The topological polar surface area (TPSA) is 57.2 Å². The maximum atomic E-state index is 12.1. The Bertz CT molecular complexity index is 405. The van der Waals surface area contributed by atoms with E-state index >= 15 is 0 Å². The van der Waals surface area contributed by atoms with Crippen molar-refractivity contribution in [2.75, 3.05) is 0 Å². The van der Waals surface area contributed by atoms with Gasteiger partial charge in [0.15, 0.2) is 10.1 Å². The maximum Gasteiger partial charge on any atom is 0.485 e. The van der Waals surface area contributed by atoms with Crippen molar-refractivity contribution >= 4 is 24.7 Å². The van der Waals surface area contributed by atoms with Crippen molar-refractivity contribution in [2.45, 2.75) is 5.51 Å². The standard InChI is InChI=1S/C6H6FP.CHF3O3S/c7-5-1-3-6(8)4-2-5;2-1(3,4)8(5,6)7/h1-4H,8H2;(H,5,6,7). The Kier molecular flexibility index (Phi) is 5.31. The fourth-order valence-electron chi connectivity index (χ4n) is 0.484. The summed E-state index contributed by atoms with van der Waals surface area (Å²) in [6.07, 6.45) is 0. The van der Waals surface area contributed by atoms with E-state index < -0.39 is 15.6 Å². The van der Waals surface area contributed by atoms with Gasteiger partial charge in [0.25, 0.3) is 0 Å². The molecule has 1 aromatic carbocycles. The zero-order valence-electron chi connectivity index (χ0n) is 7.66. The monoisotopic (exact) mass is 278 g/mol. The molecule has 92 valence electrons. The lowest BCUT2D eigenvalue weighted by molar-refractivity contribution is -0.0517. The quantitative estimate of drug-likeness (QED) is 0.309. The lowest BCUT2D eigenvalue weighted by Crippen LogP contribution is -2.21. The van der Waals surface area contributed by atoms with Crippen LogP contribution < -0.4 is 5.30 Å². The minimum atomic E-state index is -6.09. The van der Waals surface area contributed by atoms with Gasteiger partial charge in [-0.3, -0.25) is 0 Å². The van der Waals surface area contributed by atoms with Crippen LogP contribution in [0.3, 0.4) is 0 Å². The third-order valence-electron chi connectivity index (χ3n) is 1.20. The summed E-state index contributed by atoms with van der Waals surface area (Å²) in [4.78, 5) is 0. The molecule has 0 spiro atoms. The molecule has 0 fully saturated rings. The highest BCUT2D eigenvalue weighted by Crippen LogP contribution is 2.20. The summed E-state index contributed by atoms with van der Waals surface area (Å²) in [6.45, 7) is 0. The molecule has 0 saturated heterocycles. The van der Waals surface area contributed by atoms with Crippen LogP contribution in [0.2, 0.25) is 0 Å². The van der Waals surface area contributed by atoms with Gasteiger partial charge in [0, 0.05) is 9.24 Å². The van der Waals surface area contributed by atoms with E-state index in [4.69, 9.17) is 13.0 Å². The number of halogens is 4. The molecule has 0 aliphatic carbocycles. The third kappa shape index (κ3) is 5.99. The fourth-order valence-corrected chi connectivity index (χ4v) is 0.720. The van der Waals surface area contributed by atoms with Gasteiger partial charge in [0.1, 0.15) is 5.82 Å². The average molecular weight is 278 g/mol. The second-order valence-corrected chi connectivity index (χ2v) is 4.71. The molecule has 9 heteroatoms. The van der Waals surface area contributed by atoms with Crippen LogP contribution in [-0.4, -0.2) is 18.5 Å². The highest BCUT2D eigenvalue weighted by Gasteiger charge is 2.36. The van der Waals surface area contributed by atoms with Gasteiger partial charge in [0.2, 0.25) is 0 Å².